The first-order valence-corrected chi connectivity index (χ1v) is 12.9. The van der Waals surface area contributed by atoms with E-state index in [0.717, 1.165) is 40.4 Å². The molecule has 0 bridgehead atoms. The SMILES string of the molecule is COc1cc2c(cc1OC)CN(c1ccccc1/C=C1\CC(=O)N(c3cc(OC)c(OC)c(OC)c3)C1=O)CC2. The molecule has 0 spiro atoms. The average Bonchev–Trinajstić information content (AvgIpc) is 3.27. The molecule has 2 aliphatic rings. The van der Waals surface area contributed by atoms with Gasteiger partial charge in [0.1, 0.15) is 0 Å². The van der Waals surface area contributed by atoms with Gasteiger partial charge in [-0.2, -0.15) is 0 Å². The Morgan fingerprint density at radius 3 is 2.00 bits per heavy atom. The van der Waals surface area contributed by atoms with E-state index < -0.39 is 0 Å². The molecule has 2 heterocycles. The summed E-state index contributed by atoms with van der Waals surface area (Å²) in [6, 6.07) is 15.2. The lowest BCUT2D eigenvalue weighted by Gasteiger charge is -2.32. The Balaban J connectivity index is 1.45. The number of benzene rings is 3. The van der Waals surface area contributed by atoms with Crippen molar-refractivity contribution >= 4 is 29.3 Å². The van der Waals surface area contributed by atoms with Gasteiger partial charge in [-0.25, -0.2) is 4.90 Å². The quantitative estimate of drug-likeness (QED) is 0.300. The summed E-state index contributed by atoms with van der Waals surface area (Å²) in [5.74, 6) is 1.82. The van der Waals surface area contributed by atoms with E-state index in [-0.39, 0.29) is 18.2 Å². The van der Waals surface area contributed by atoms with E-state index in [2.05, 4.69) is 4.90 Å². The largest absolute Gasteiger partial charge is 0.493 e. The number of nitrogens with zero attached hydrogens (tertiary/aromatic N) is 2. The number of carbonyl (C=O) groups is 2. The van der Waals surface area contributed by atoms with Crippen molar-refractivity contribution < 1.29 is 33.3 Å². The van der Waals surface area contributed by atoms with E-state index in [1.807, 2.05) is 42.5 Å². The van der Waals surface area contributed by atoms with Crippen LogP contribution in [0.2, 0.25) is 0 Å². The first-order chi connectivity index (χ1) is 19.4. The topological polar surface area (TPSA) is 86.8 Å². The molecule has 40 heavy (non-hydrogen) atoms. The summed E-state index contributed by atoms with van der Waals surface area (Å²) in [5, 5.41) is 0. The minimum Gasteiger partial charge on any atom is -0.493 e. The predicted octanol–water partition coefficient (Wildman–Crippen LogP) is 4.64. The standard InChI is InChI=1S/C31H32N2O7/c1-36-25-13-19-10-11-32(18-22(19)14-26(25)37-2)24-9-7-6-8-20(24)12-21-15-29(34)33(31(21)35)23-16-27(38-3)30(40-5)28(17-23)39-4/h6-9,12-14,16-17H,10-11,15,18H2,1-5H3/b21-12+. The number of hydrogen-bond acceptors (Lipinski definition) is 8. The molecule has 9 heteroatoms. The van der Waals surface area contributed by atoms with Gasteiger partial charge in [0.2, 0.25) is 11.7 Å². The fourth-order valence-electron chi connectivity index (χ4n) is 5.32. The highest BCUT2D eigenvalue weighted by Gasteiger charge is 2.36. The Labute approximate surface area is 233 Å². The van der Waals surface area contributed by atoms with Crippen LogP contribution in [-0.4, -0.2) is 53.9 Å². The molecule has 5 rings (SSSR count). The molecule has 3 aromatic rings. The number of amides is 2. The Kier molecular flexibility index (Phi) is 7.55. The summed E-state index contributed by atoms with van der Waals surface area (Å²) >= 11 is 0. The van der Waals surface area contributed by atoms with Crippen molar-refractivity contribution in [1.82, 2.24) is 0 Å². The van der Waals surface area contributed by atoms with E-state index >= 15 is 0 Å². The van der Waals surface area contributed by atoms with E-state index in [1.54, 1.807) is 26.4 Å². The lowest BCUT2D eigenvalue weighted by Crippen LogP contribution is -2.31. The Bertz CT molecular complexity index is 1470. The third-order valence-corrected chi connectivity index (χ3v) is 7.30. The van der Waals surface area contributed by atoms with Crippen LogP contribution in [0.5, 0.6) is 28.7 Å². The second kappa shape index (κ2) is 11.2. The fraction of sp³-hybridized carbons (Fsp3) is 0.290. The summed E-state index contributed by atoms with van der Waals surface area (Å²) < 4.78 is 27.2. The second-order valence-corrected chi connectivity index (χ2v) is 9.47. The summed E-state index contributed by atoms with van der Waals surface area (Å²) in [6.45, 7) is 1.48. The fourth-order valence-corrected chi connectivity index (χ4v) is 5.32. The molecular weight excluding hydrogens is 512 g/mol. The van der Waals surface area contributed by atoms with Gasteiger partial charge < -0.3 is 28.6 Å². The van der Waals surface area contributed by atoms with Crippen LogP contribution in [0.1, 0.15) is 23.1 Å². The van der Waals surface area contributed by atoms with E-state index in [0.29, 0.717) is 40.8 Å². The molecule has 0 N–H and O–H groups in total. The van der Waals surface area contributed by atoms with Gasteiger partial charge in [0.25, 0.3) is 5.91 Å². The van der Waals surface area contributed by atoms with Crippen LogP contribution in [0.25, 0.3) is 6.08 Å². The minimum absolute atomic E-state index is 0.0103. The molecule has 2 aliphatic heterocycles. The number of fused-ring (bicyclic) bond motifs is 1. The molecule has 0 unspecified atom stereocenters. The average molecular weight is 545 g/mol. The zero-order chi connectivity index (χ0) is 28.4. The van der Waals surface area contributed by atoms with Crippen molar-refractivity contribution in [2.45, 2.75) is 19.4 Å². The van der Waals surface area contributed by atoms with Crippen molar-refractivity contribution in [1.29, 1.82) is 0 Å². The van der Waals surface area contributed by atoms with Gasteiger partial charge in [-0.3, -0.25) is 9.59 Å². The van der Waals surface area contributed by atoms with Crippen LogP contribution in [-0.2, 0) is 22.6 Å². The molecule has 0 saturated carbocycles. The molecule has 208 valence electrons. The van der Waals surface area contributed by atoms with Crippen LogP contribution in [0.4, 0.5) is 11.4 Å². The molecule has 1 fully saturated rings. The number of rotatable bonds is 8. The van der Waals surface area contributed by atoms with Gasteiger partial charge in [0.05, 0.1) is 47.7 Å². The smallest absolute Gasteiger partial charge is 0.261 e. The van der Waals surface area contributed by atoms with Crippen LogP contribution < -0.4 is 33.5 Å². The second-order valence-electron chi connectivity index (χ2n) is 9.47. The van der Waals surface area contributed by atoms with Gasteiger partial charge in [-0.05, 0) is 47.4 Å². The summed E-state index contributed by atoms with van der Waals surface area (Å²) in [6.07, 6.45) is 2.65. The number of anilines is 2. The van der Waals surface area contributed by atoms with Crippen LogP contribution >= 0.6 is 0 Å². The maximum atomic E-state index is 13.5. The van der Waals surface area contributed by atoms with Crippen molar-refractivity contribution in [3.8, 4) is 28.7 Å². The molecule has 0 radical (unpaired) electrons. The first kappa shape index (κ1) is 26.9. The summed E-state index contributed by atoms with van der Waals surface area (Å²) in [5.41, 5.74) is 5.01. The highest BCUT2D eigenvalue weighted by Crippen LogP contribution is 2.43. The monoisotopic (exact) mass is 544 g/mol. The van der Waals surface area contributed by atoms with Crippen molar-refractivity contribution in [2.24, 2.45) is 0 Å². The third-order valence-electron chi connectivity index (χ3n) is 7.30. The Morgan fingerprint density at radius 2 is 1.38 bits per heavy atom. The highest BCUT2D eigenvalue weighted by atomic mass is 16.5. The lowest BCUT2D eigenvalue weighted by molar-refractivity contribution is -0.120. The van der Waals surface area contributed by atoms with Gasteiger partial charge in [-0.1, -0.05) is 18.2 Å². The minimum atomic E-state index is -0.380. The highest BCUT2D eigenvalue weighted by molar-refractivity contribution is 6.29. The zero-order valence-corrected chi connectivity index (χ0v) is 23.3. The molecule has 0 atom stereocenters. The number of para-hydroxylation sites is 1. The number of imide groups is 1. The molecule has 0 aromatic heterocycles. The Morgan fingerprint density at radius 1 is 0.750 bits per heavy atom. The Hall–Kier alpha value is -4.66. The van der Waals surface area contributed by atoms with Crippen LogP contribution in [0.15, 0.2) is 54.1 Å². The maximum Gasteiger partial charge on any atom is 0.261 e. The zero-order valence-electron chi connectivity index (χ0n) is 23.3. The van der Waals surface area contributed by atoms with E-state index in [9.17, 15) is 9.59 Å². The van der Waals surface area contributed by atoms with Gasteiger partial charge in [-0.15, -0.1) is 0 Å². The van der Waals surface area contributed by atoms with E-state index in [1.165, 1.54) is 26.9 Å². The predicted molar refractivity (Wildman–Crippen MR) is 152 cm³/mol. The van der Waals surface area contributed by atoms with Gasteiger partial charge in [0.15, 0.2) is 23.0 Å². The lowest BCUT2D eigenvalue weighted by atomic mass is 9.97. The molecule has 2 amide bonds. The van der Waals surface area contributed by atoms with Crippen molar-refractivity contribution in [3.05, 3.63) is 70.8 Å². The first-order valence-electron chi connectivity index (χ1n) is 12.9. The number of methoxy groups -OCH3 is 5. The van der Waals surface area contributed by atoms with Gasteiger partial charge in [0, 0.05) is 36.5 Å². The molecular formula is C31H32N2O7. The molecule has 3 aromatic carbocycles. The molecule has 9 nitrogen and oxygen atoms in total. The van der Waals surface area contributed by atoms with Crippen LogP contribution in [0.3, 0.4) is 0 Å². The third kappa shape index (κ3) is 4.79. The summed E-state index contributed by atoms with van der Waals surface area (Å²) in [7, 11) is 7.75. The maximum absolute atomic E-state index is 13.5. The van der Waals surface area contributed by atoms with E-state index in [4.69, 9.17) is 23.7 Å². The summed E-state index contributed by atoms with van der Waals surface area (Å²) in [4.78, 5) is 30.1. The van der Waals surface area contributed by atoms with Crippen molar-refractivity contribution in [3.63, 3.8) is 0 Å². The molecule has 1 saturated heterocycles. The number of carbonyl (C=O) groups excluding carboxylic acids is 2. The van der Waals surface area contributed by atoms with Crippen molar-refractivity contribution in [2.75, 3.05) is 51.9 Å². The number of hydrogen-bond donors (Lipinski definition) is 0. The van der Waals surface area contributed by atoms with Gasteiger partial charge >= 0.3 is 0 Å². The van der Waals surface area contributed by atoms with Crippen LogP contribution in [0, 0.1) is 0 Å². The number of ether oxygens (including phenoxy) is 5. The molecule has 0 aliphatic carbocycles. The normalized spacial score (nSPS) is 15.8.